The zero-order valence-electron chi connectivity index (χ0n) is 21.1. The first-order valence-corrected chi connectivity index (χ1v) is 12.3. The summed E-state index contributed by atoms with van der Waals surface area (Å²) >= 11 is 0. The molecule has 1 heterocycles. The van der Waals surface area contributed by atoms with Gasteiger partial charge in [-0.2, -0.15) is 0 Å². The van der Waals surface area contributed by atoms with Crippen molar-refractivity contribution in [3.05, 3.63) is 54.4 Å². The number of fused-ring (bicyclic) bond motifs is 1. The van der Waals surface area contributed by atoms with Crippen molar-refractivity contribution >= 4 is 22.4 Å². The van der Waals surface area contributed by atoms with E-state index in [1.807, 2.05) is 44.3 Å². The molecule has 0 aliphatic rings. The van der Waals surface area contributed by atoms with Gasteiger partial charge in [0.15, 0.2) is 0 Å². The van der Waals surface area contributed by atoms with Gasteiger partial charge in [0.25, 0.3) is 0 Å². The second-order valence-corrected chi connectivity index (χ2v) is 9.41. The Morgan fingerprint density at radius 2 is 1.58 bits per heavy atom. The van der Waals surface area contributed by atoms with Gasteiger partial charge in [0, 0.05) is 24.7 Å². The summed E-state index contributed by atoms with van der Waals surface area (Å²) in [5, 5.41) is 1.05. The number of aromatic nitrogens is 2. The summed E-state index contributed by atoms with van der Waals surface area (Å²) in [7, 11) is 4.23. The molecule has 0 bridgehead atoms. The van der Waals surface area contributed by atoms with Gasteiger partial charge in [-0.05, 0) is 69.3 Å². The number of ether oxygens (including phenoxy) is 1. The molecule has 5 nitrogen and oxygen atoms in total. The molecule has 5 heteroatoms. The summed E-state index contributed by atoms with van der Waals surface area (Å²) in [6.07, 6.45) is 6.67. The number of hydrogen-bond acceptors (Lipinski definition) is 5. The Hall–Kier alpha value is -2.66. The molecule has 0 fully saturated rings. The minimum Gasteiger partial charge on any atom is -0.492 e. The van der Waals surface area contributed by atoms with Crippen LogP contribution in [0.25, 0.3) is 10.9 Å². The summed E-state index contributed by atoms with van der Waals surface area (Å²) in [5.41, 5.74) is 2.03. The summed E-state index contributed by atoms with van der Waals surface area (Å²) in [4.78, 5) is 13.7. The Kier molecular flexibility index (Phi) is 9.49. The van der Waals surface area contributed by atoms with Crippen LogP contribution in [0.15, 0.2) is 48.5 Å². The van der Waals surface area contributed by atoms with E-state index in [0.717, 1.165) is 53.0 Å². The van der Waals surface area contributed by atoms with Gasteiger partial charge >= 0.3 is 0 Å². The number of hydrogen-bond donors (Lipinski definition) is 0. The number of nitrogens with zero attached hydrogens (tertiary/aromatic N) is 4. The van der Waals surface area contributed by atoms with Gasteiger partial charge in [0.05, 0.1) is 5.52 Å². The predicted octanol–water partition coefficient (Wildman–Crippen LogP) is 6.62. The molecule has 0 radical (unpaired) electrons. The highest BCUT2D eigenvalue weighted by Gasteiger charge is 2.12. The van der Waals surface area contributed by atoms with Crippen molar-refractivity contribution in [2.45, 2.75) is 52.9 Å². The second kappa shape index (κ2) is 12.5. The van der Waals surface area contributed by atoms with E-state index in [1.165, 1.54) is 32.1 Å². The highest BCUT2D eigenvalue weighted by molar-refractivity contribution is 5.91. The predicted molar refractivity (Wildman–Crippen MR) is 140 cm³/mol. The lowest BCUT2D eigenvalue weighted by Gasteiger charge is -2.21. The molecule has 0 unspecified atom stereocenters. The van der Waals surface area contributed by atoms with Gasteiger partial charge in [-0.1, -0.05) is 51.7 Å². The Morgan fingerprint density at radius 3 is 2.33 bits per heavy atom. The monoisotopic (exact) mass is 448 g/mol. The third-order valence-electron chi connectivity index (χ3n) is 6.05. The molecule has 0 amide bonds. The lowest BCUT2D eigenvalue weighted by atomic mass is 10.0. The molecule has 0 aliphatic carbocycles. The van der Waals surface area contributed by atoms with Crippen LogP contribution in [0.5, 0.6) is 5.75 Å². The van der Waals surface area contributed by atoms with Gasteiger partial charge in [-0.3, -0.25) is 0 Å². The molecule has 0 atom stereocenters. The van der Waals surface area contributed by atoms with Crippen LogP contribution in [0.3, 0.4) is 0 Å². The van der Waals surface area contributed by atoms with Gasteiger partial charge in [0.2, 0.25) is 0 Å². The maximum atomic E-state index is 5.99. The maximum absolute atomic E-state index is 5.99. The average molecular weight is 449 g/mol. The molecule has 0 aliphatic heterocycles. The van der Waals surface area contributed by atoms with Crippen LogP contribution in [0.1, 0.15) is 51.8 Å². The highest BCUT2D eigenvalue weighted by Crippen LogP contribution is 2.29. The van der Waals surface area contributed by atoms with Crippen molar-refractivity contribution in [1.29, 1.82) is 0 Å². The minimum absolute atomic E-state index is 0.703. The smallest absolute Gasteiger partial charge is 0.144 e. The van der Waals surface area contributed by atoms with Crippen molar-refractivity contribution in [2.24, 2.45) is 5.92 Å². The van der Waals surface area contributed by atoms with Gasteiger partial charge < -0.3 is 14.5 Å². The largest absolute Gasteiger partial charge is 0.492 e. The van der Waals surface area contributed by atoms with Crippen molar-refractivity contribution in [3.63, 3.8) is 0 Å². The Bertz CT molecular complexity index is 987. The zero-order chi connectivity index (χ0) is 23.6. The molecular formula is C28H40N4O. The van der Waals surface area contributed by atoms with E-state index in [1.54, 1.807) is 0 Å². The van der Waals surface area contributed by atoms with E-state index < -0.39 is 0 Å². The second-order valence-electron chi connectivity index (χ2n) is 9.41. The van der Waals surface area contributed by atoms with Gasteiger partial charge in [-0.15, -0.1) is 0 Å². The molecule has 0 N–H and O–H groups in total. The fraction of sp³-hybridized carbons (Fsp3) is 0.500. The topological polar surface area (TPSA) is 41.5 Å². The summed E-state index contributed by atoms with van der Waals surface area (Å²) in [6.45, 7) is 9.33. The van der Waals surface area contributed by atoms with Crippen LogP contribution < -0.4 is 9.64 Å². The molecule has 2 aromatic carbocycles. The molecule has 3 aromatic rings. The quantitative estimate of drug-likeness (QED) is 0.275. The number of para-hydroxylation sites is 1. The van der Waals surface area contributed by atoms with E-state index in [-0.39, 0.29) is 0 Å². The van der Waals surface area contributed by atoms with Crippen molar-refractivity contribution < 1.29 is 4.74 Å². The van der Waals surface area contributed by atoms with Gasteiger partial charge in [-0.25, -0.2) is 9.97 Å². The van der Waals surface area contributed by atoms with E-state index >= 15 is 0 Å². The molecule has 178 valence electrons. The summed E-state index contributed by atoms with van der Waals surface area (Å²) in [6, 6.07) is 16.4. The first kappa shape index (κ1) is 25.0. The van der Waals surface area contributed by atoms with Crippen molar-refractivity contribution in [2.75, 3.05) is 38.7 Å². The standard InChI is InChI=1S/C28H40N4O/c1-22(2)12-8-6-7-11-19-31(4)20-21-33-25-17-15-24(16-18-25)32(5)28-26-13-9-10-14-27(26)29-23(3)30-28/h9-10,13-18,22H,6-8,11-12,19-21H2,1-5H3. The number of likely N-dealkylation sites (N-methyl/N-ethyl adjacent to an activating group) is 1. The van der Waals surface area contributed by atoms with Crippen molar-refractivity contribution in [3.8, 4) is 5.75 Å². The Labute approximate surface area is 199 Å². The van der Waals surface area contributed by atoms with Crippen LogP contribution in [-0.4, -0.2) is 48.7 Å². The molecular weight excluding hydrogens is 408 g/mol. The van der Waals surface area contributed by atoms with Crippen molar-refractivity contribution in [1.82, 2.24) is 14.9 Å². The maximum Gasteiger partial charge on any atom is 0.144 e. The summed E-state index contributed by atoms with van der Waals surface area (Å²) in [5.74, 6) is 3.42. The van der Waals surface area contributed by atoms with E-state index in [4.69, 9.17) is 9.72 Å². The SMILES string of the molecule is Cc1nc(N(C)c2ccc(OCCN(C)CCCCCCC(C)C)cc2)c2ccccc2n1. The molecule has 0 saturated carbocycles. The molecule has 3 rings (SSSR count). The lowest BCUT2D eigenvalue weighted by molar-refractivity contribution is 0.234. The Balaban J connectivity index is 1.45. The number of anilines is 2. The number of aryl methyl sites for hydroxylation is 1. The summed E-state index contributed by atoms with van der Waals surface area (Å²) < 4.78 is 5.99. The molecule has 0 spiro atoms. The third-order valence-corrected chi connectivity index (χ3v) is 6.05. The first-order valence-electron chi connectivity index (χ1n) is 12.3. The number of unbranched alkanes of at least 4 members (excludes halogenated alkanes) is 3. The first-order chi connectivity index (χ1) is 15.9. The van der Waals surface area contributed by atoms with Crippen LogP contribution >= 0.6 is 0 Å². The highest BCUT2D eigenvalue weighted by atomic mass is 16.5. The lowest BCUT2D eigenvalue weighted by Crippen LogP contribution is -2.25. The van der Waals surface area contributed by atoms with E-state index in [0.29, 0.717) is 6.61 Å². The molecule has 1 aromatic heterocycles. The van der Waals surface area contributed by atoms with Crippen LogP contribution in [0, 0.1) is 12.8 Å². The van der Waals surface area contributed by atoms with Gasteiger partial charge in [0.1, 0.15) is 24.0 Å². The fourth-order valence-electron chi connectivity index (χ4n) is 4.04. The Morgan fingerprint density at radius 1 is 0.848 bits per heavy atom. The number of rotatable bonds is 13. The molecule has 33 heavy (non-hydrogen) atoms. The van der Waals surface area contributed by atoms with Crippen LogP contribution in [0.2, 0.25) is 0 Å². The fourth-order valence-corrected chi connectivity index (χ4v) is 4.04. The third kappa shape index (κ3) is 7.71. The average Bonchev–Trinajstić information content (AvgIpc) is 2.80. The van der Waals surface area contributed by atoms with E-state index in [9.17, 15) is 0 Å². The normalized spacial score (nSPS) is 11.5. The van der Waals surface area contributed by atoms with Crippen LogP contribution in [-0.2, 0) is 0 Å². The van der Waals surface area contributed by atoms with Crippen LogP contribution in [0.4, 0.5) is 11.5 Å². The minimum atomic E-state index is 0.703. The number of benzene rings is 2. The van der Waals surface area contributed by atoms with E-state index in [2.05, 4.69) is 53.9 Å². The zero-order valence-corrected chi connectivity index (χ0v) is 21.1. The molecule has 0 saturated heterocycles.